The van der Waals surface area contributed by atoms with E-state index in [9.17, 15) is 4.79 Å². The molecular weight excluding hydrogens is 418 g/mol. The molecule has 0 unspecified atom stereocenters. The molecule has 180 valence electrons. The van der Waals surface area contributed by atoms with Crippen LogP contribution >= 0.6 is 0 Å². The van der Waals surface area contributed by atoms with Crippen molar-refractivity contribution in [3.63, 3.8) is 0 Å². The number of carbonyl (C=O) groups is 1. The number of benzene rings is 1. The Balaban J connectivity index is 1.41. The molecule has 2 atom stereocenters. The van der Waals surface area contributed by atoms with Gasteiger partial charge in [0.25, 0.3) is 0 Å². The molecule has 2 aromatic rings. The quantitative estimate of drug-likeness (QED) is 0.710. The van der Waals surface area contributed by atoms with Crippen molar-refractivity contribution in [1.29, 1.82) is 0 Å². The summed E-state index contributed by atoms with van der Waals surface area (Å²) in [7, 11) is 0. The molecule has 2 aliphatic heterocycles. The number of hydrogen-bond acceptors (Lipinski definition) is 7. The van der Waals surface area contributed by atoms with Crippen LogP contribution in [0.5, 0.6) is 0 Å². The summed E-state index contributed by atoms with van der Waals surface area (Å²) in [5, 5.41) is 12.0. The predicted molar refractivity (Wildman–Crippen MR) is 126 cm³/mol. The Morgan fingerprint density at radius 2 is 2.03 bits per heavy atom. The summed E-state index contributed by atoms with van der Waals surface area (Å²) >= 11 is 0. The molecule has 0 aliphatic carbocycles. The smallest absolute Gasteiger partial charge is 0.410 e. The highest BCUT2D eigenvalue weighted by Gasteiger charge is 2.29. The van der Waals surface area contributed by atoms with Gasteiger partial charge in [-0.3, -0.25) is 4.90 Å². The van der Waals surface area contributed by atoms with E-state index in [-0.39, 0.29) is 24.3 Å². The molecule has 0 bridgehead atoms. The molecule has 0 spiro atoms. The topological polar surface area (TPSA) is 83.7 Å². The molecule has 0 saturated carbocycles. The fourth-order valence-corrected chi connectivity index (χ4v) is 4.86. The van der Waals surface area contributed by atoms with Crippen LogP contribution in [0.4, 0.5) is 4.79 Å². The van der Waals surface area contributed by atoms with E-state index < -0.39 is 0 Å². The molecule has 4 rings (SSSR count). The van der Waals surface area contributed by atoms with Gasteiger partial charge in [0.05, 0.1) is 18.6 Å². The maximum absolute atomic E-state index is 12.3. The molecule has 1 amide bonds. The van der Waals surface area contributed by atoms with Gasteiger partial charge in [0, 0.05) is 32.2 Å². The Morgan fingerprint density at radius 1 is 1.24 bits per heavy atom. The van der Waals surface area contributed by atoms with E-state index in [2.05, 4.69) is 53.3 Å². The van der Waals surface area contributed by atoms with Gasteiger partial charge in [-0.2, -0.15) is 0 Å². The van der Waals surface area contributed by atoms with Crippen LogP contribution in [-0.2, 0) is 17.7 Å². The number of hydrogen-bond donors (Lipinski definition) is 1. The second-order valence-corrected chi connectivity index (χ2v) is 9.78. The first-order chi connectivity index (χ1) is 15.8. The summed E-state index contributed by atoms with van der Waals surface area (Å²) in [6, 6.07) is 4.80. The van der Waals surface area contributed by atoms with Crippen LogP contribution < -0.4 is 5.32 Å². The maximum Gasteiger partial charge on any atom is 0.410 e. The van der Waals surface area contributed by atoms with E-state index in [0.29, 0.717) is 24.7 Å². The second kappa shape index (κ2) is 10.2. The van der Waals surface area contributed by atoms with Gasteiger partial charge in [-0.05, 0) is 70.7 Å². The first-order valence-electron chi connectivity index (χ1n) is 12.1. The molecule has 1 aromatic carbocycles. The molecule has 8 heteroatoms. The van der Waals surface area contributed by atoms with Crippen molar-refractivity contribution < 1.29 is 13.9 Å². The number of amides is 1. The normalized spacial score (nSPS) is 21.7. The van der Waals surface area contributed by atoms with E-state index in [1.54, 1.807) is 0 Å². The number of rotatable bonds is 6. The van der Waals surface area contributed by atoms with Crippen LogP contribution in [0.1, 0.15) is 73.7 Å². The maximum atomic E-state index is 12.3. The molecule has 8 nitrogen and oxygen atoms in total. The first-order valence-corrected chi connectivity index (χ1v) is 12.1. The van der Waals surface area contributed by atoms with Crippen molar-refractivity contribution in [2.24, 2.45) is 0 Å². The molecule has 1 N–H and O–H groups in total. The van der Waals surface area contributed by atoms with Crippen LogP contribution in [0, 0.1) is 13.8 Å². The average Bonchev–Trinajstić information content (AvgIpc) is 3.43. The van der Waals surface area contributed by atoms with E-state index in [1.807, 2.05) is 18.7 Å². The van der Waals surface area contributed by atoms with Crippen LogP contribution in [0.2, 0.25) is 0 Å². The number of nitrogens with zero attached hydrogens (tertiary/aromatic N) is 4. The predicted octanol–water partition coefficient (Wildman–Crippen LogP) is 3.75. The number of ether oxygens (including phenoxy) is 1. The fraction of sp³-hybridized carbons (Fsp3) is 0.640. The van der Waals surface area contributed by atoms with Crippen LogP contribution in [0.3, 0.4) is 0 Å². The molecule has 3 heterocycles. The SMILES string of the molecule is Cc1cc(Cc2nnc([C@@H]3CCCN3)o2)c(C)c(CN2CCN(C(=O)OC(C)C)[C@@H](C)C2)c1. The number of nitrogens with one attached hydrogen (secondary N) is 1. The van der Waals surface area contributed by atoms with Gasteiger partial charge in [0.1, 0.15) is 0 Å². The van der Waals surface area contributed by atoms with Crippen molar-refractivity contribution in [1.82, 2.24) is 25.3 Å². The molecule has 2 saturated heterocycles. The van der Waals surface area contributed by atoms with Gasteiger partial charge in [0.2, 0.25) is 11.8 Å². The van der Waals surface area contributed by atoms with Gasteiger partial charge in [0.15, 0.2) is 0 Å². The van der Waals surface area contributed by atoms with Crippen molar-refractivity contribution in [2.45, 2.75) is 78.6 Å². The Labute approximate surface area is 196 Å². The number of aryl methyl sites for hydroxylation is 1. The number of carbonyl (C=O) groups excluding carboxylic acids is 1. The molecule has 33 heavy (non-hydrogen) atoms. The van der Waals surface area contributed by atoms with E-state index >= 15 is 0 Å². The highest BCUT2D eigenvalue weighted by atomic mass is 16.6. The Hall–Kier alpha value is -2.45. The average molecular weight is 456 g/mol. The van der Waals surface area contributed by atoms with Gasteiger partial charge < -0.3 is 19.4 Å². The zero-order valence-corrected chi connectivity index (χ0v) is 20.6. The lowest BCUT2D eigenvalue weighted by Crippen LogP contribution is -2.54. The van der Waals surface area contributed by atoms with Crippen molar-refractivity contribution >= 4 is 6.09 Å². The summed E-state index contributed by atoms with van der Waals surface area (Å²) in [5.41, 5.74) is 5.04. The van der Waals surface area contributed by atoms with Gasteiger partial charge in [-0.25, -0.2) is 4.79 Å². The summed E-state index contributed by atoms with van der Waals surface area (Å²) in [6.45, 7) is 14.4. The summed E-state index contributed by atoms with van der Waals surface area (Å²) in [6.07, 6.45) is 2.54. The Bertz CT molecular complexity index is 967. The summed E-state index contributed by atoms with van der Waals surface area (Å²) in [4.78, 5) is 16.6. The Morgan fingerprint density at radius 3 is 2.73 bits per heavy atom. The zero-order valence-electron chi connectivity index (χ0n) is 20.6. The number of piperazine rings is 1. The first kappa shape index (κ1) is 23.7. The lowest BCUT2D eigenvalue weighted by Gasteiger charge is -2.39. The van der Waals surface area contributed by atoms with Crippen LogP contribution in [-0.4, -0.2) is 64.4 Å². The zero-order chi connectivity index (χ0) is 23.5. The molecular formula is C25H37N5O3. The minimum absolute atomic E-state index is 0.0968. The monoisotopic (exact) mass is 455 g/mol. The van der Waals surface area contributed by atoms with Crippen LogP contribution in [0.25, 0.3) is 0 Å². The van der Waals surface area contributed by atoms with E-state index in [1.165, 1.54) is 22.3 Å². The molecule has 2 aliphatic rings. The highest BCUT2D eigenvalue weighted by molar-refractivity contribution is 5.68. The van der Waals surface area contributed by atoms with Crippen molar-refractivity contribution in [3.8, 4) is 0 Å². The van der Waals surface area contributed by atoms with E-state index in [4.69, 9.17) is 9.15 Å². The van der Waals surface area contributed by atoms with Gasteiger partial charge >= 0.3 is 6.09 Å². The third kappa shape index (κ3) is 5.73. The Kier molecular flexibility index (Phi) is 7.34. The van der Waals surface area contributed by atoms with Crippen molar-refractivity contribution in [3.05, 3.63) is 46.2 Å². The molecule has 2 fully saturated rings. The van der Waals surface area contributed by atoms with Crippen LogP contribution in [0.15, 0.2) is 16.5 Å². The third-order valence-corrected chi connectivity index (χ3v) is 6.63. The number of aromatic nitrogens is 2. The highest BCUT2D eigenvalue weighted by Crippen LogP contribution is 2.25. The minimum Gasteiger partial charge on any atom is -0.447 e. The standard InChI is InChI=1S/C25H37N5O3/c1-16(2)32-25(31)30-10-9-29(14-18(30)4)15-21-12-17(3)11-20(19(21)5)13-23-27-28-24(33-23)22-7-6-8-26-22/h11-12,16,18,22,26H,6-10,13-15H2,1-5H3/t18-,22-/m0/s1. The molecule has 0 radical (unpaired) electrons. The van der Waals surface area contributed by atoms with E-state index in [0.717, 1.165) is 39.0 Å². The van der Waals surface area contributed by atoms with Crippen molar-refractivity contribution in [2.75, 3.05) is 26.2 Å². The van der Waals surface area contributed by atoms with Gasteiger partial charge in [-0.15, -0.1) is 10.2 Å². The lowest BCUT2D eigenvalue weighted by molar-refractivity contribution is 0.0349. The molecule has 1 aromatic heterocycles. The minimum atomic E-state index is -0.210. The third-order valence-electron chi connectivity index (χ3n) is 6.63. The lowest BCUT2D eigenvalue weighted by atomic mass is 9.96. The van der Waals surface area contributed by atoms with Gasteiger partial charge in [-0.1, -0.05) is 17.7 Å². The second-order valence-electron chi connectivity index (χ2n) is 9.78. The summed E-state index contributed by atoms with van der Waals surface area (Å²) in [5.74, 6) is 1.38. The largest absolute Gasteiger partial charge is 0.447 e. The fourth-order valence-electron chi connectivity index (χ4n) is 4.86. The summed E-state index contributed by atoms with van der Waals surface area (Å²) < 4.78 is 11.4.